The number of fused-ring (bicyclic) bond motifs is 1. The second-order valence-corrected chi connectivity index (χ2v) is 6.33. The molecule has 2 heterocycles. The lowest BCUT2D eigenvalue weighted by atomic mass is 10.2. The number of hydrogen-bond donors (Lipinski definition) is 1. The second kappa shape index (κ2) is 5.38. The van der Waals surface area contributed by atoms with Gasteiger partial charge in [-0.05, 0) is 37.3 Å². The Morgan fingerprint density at radius 2 is 2.20 bits per heavy atom. The average Bonchev–Trinajstić information content (AvgIpc) is 3.02. The standard InChI is InChI=1S/C16H13BrN2S/c1-3-5-12-15(4-2)20-16(19-12)14-8-10-6-7-11(17)9-13(10)18-14/h3-9,18H,2H2,1H3/b5-3-. The molecule has 0 radical (unpaired) electrons. The van der Waals surface area contributed by atoms with Gasteiger partial charge in [-0.1, -0.05) is 34.7 Å². The molecule has 0 saturated carbocycles. The number of H-pyrrole nitrogens is 1. The molecule has 0 bridgehead atoms. The van der Waals surface area contributed by atoms with Crippen molar-refractivity contribution in [3.8, 4) is 10.7 Å². The maximum atomic E-state index is 4.68. The summed E-state index contributed by atoms with van der Waals surface area (Å²) in [6, 6.07) is 8.34. The number of aromatic amines is 1. The number of allylic oxidation sites excluding steroid dienone is 1. The SMILES string of the molecule is C=Cc1sc(-c2cc3ccc(Br)cc3[nH]2)nc1/C=C\C. The minimum atomic E-state index is 0.974. The summed E-state index contributed by atoms with van der Waals surface area (Å²) in [5.74, 6) is 0. The number of nitrogens with zero attached hydrogens (tertiary/aromatic N) is 1. The predicted octanol–water partition coefficient (Wildman–Crippen LogP) is 5.73. The van der Waals surface area contributed by atoms with E-state index in [1.807, 2.05) is 31.2 Å². The third-order valence-corrected chi connectivity index (χ3v) is 4.60. The van der Waals surface area contributed by atoms with Crippen LogP contribution in [-0.2, 0) is 0 Å². The van der Waals surface area contributed by atoms with Crippen molar-refractivity contribution < 1.29 is 0 Å². The molecule has 0 atom stereocenters. The van der Waals surface area contributed by atoms with Crippen molar-refractivity contribution in [2.45, 2.75) is 6.92 Å². The molecule has 0 amide bonds. The van der Waals surface area contributed by atoms with E-state index in [2.05, 4.69) is 50.7 Å². The van der Waals surface area contributed by atoms with Crippen LogP contribution < -0.4 is 0 Å². The van der Waals surface area contributed by atoms with E-state index in [0.717, 1.165) is 31.3 Å². The van der Waals surface area contributed by atoms with Gasteiger partial charge in [0.25, 0.3) is 0 Å². The number of thiazole rings is 1. The van der Waals surface area contributed by atoms with E-state index < -0.39 is 0 Å². The van der Waals surface area contributed by atoms with Gasteiger partial charge in [-0.3, -0.25) is 0 Å². The van der Waals surface area contributed by atoms with Crippen LogP contribution in [0.25, 0.3) is 33.8 Å². The summed E-state index contributed by atoms with van der Waals surface area (Å²) in [4.78, 5) is 9.19. The van der Waals surface area contributed by atoms with Crippen LogP contribution in [0.1, 0.15) is 17.5 Å². The Morgan fingerprint density at radius 3 is 2.95 bits per heavy atom. The third kappa shape index (κ3) is 2.37. The summed E-state index contributed by atoms with van der Waals surface area (Å²) in [5.41, 5.74) is 3.13. The van der Waals surface area contributed by atoms with Gasteiger partial charge in [0.05, 0.1) is 16.3 Å². The molecular weight excluding hydrogens is 332 g/mol. The Balaban J connectivity index is 2.12. The van der Waals surface area contributed by atoms with E-state index in [-0.39, 0.29) is 0 Å². The number of hydrogen-bond acceptors (Lipinski definition) is 2. The summed E-state index contributed by atoms with van der Waals surface area (Å²) in [7, 11) is 0. The highest BCUT2D eigenvalue weighted by molar-refractivity contribution is 9.10. The summed E-state index contributed by atoms with van der Waals surface area (Å²) < 4.78 is 1.07. The zero-order chi connectivity index (χ0) is 14.1. The highest BCUT2D eigenvalue weighted by Gasteiger charge is 2.11. The lowest BCUT2D eigenvalue weighted by Gasteiger charge is -1.90. The Labute approximate surface area is 130 Å². The molecule has 1 N–H and O–H groups in total. The summed E-state index contributed by atoms with van der Waals surface area (Å²) in [6.07, 6.45) is 5.86. The smallest absolute Gasteiger partial charge is 0.140 e. The monoisotopic (exact) mass is 344 g/mol. The van der Waals surface area contributed by atoms with E-state index in [0.29, 0.717) is 0 Å². The first-order valence-electron chi connectivity index (χ1n) is 6.26. The molecule has 0 unspecified atom stereocenters. The number of aromatic nitrogens is 2. The van der Waals surface area contributed by atoms with Crippen LogP contribution >= 0.6 is 27.3 Å². The van der Waals surface area contributed by atoms with E-state index >= 15 is 0 Å². The van der Waals surface area contributed by atoms with E-state index in [1.165, 1.54) is 5.39 Å². The normalized spacial score (nSPS) is 11.5. The van der Waals surface area contributed by atoms with Crippen molar-refractivity contribution in [3.05, 3.63) is 52.0 Å². The van der Waals surface area contributed by atoms with Gasteiger partial charge in [-0.2, -0.15) is 0 Å². The van der Waals surface area contributed by atoms with Gasteiger partial charge >= 0.3 is 0 Å². The molecule has 0 aliphatic carbocycles. The fraction of sp³-hybridized carbons (Fsp3) is 0.0625. The quantitative estimate of drug-likeness (QED) is 0.645. The molecule has 0 aliphatic rings. The minimum Gasteiger partial charge on any atom is -0.353 e. The van der Waals surface area contributed by atoms with Crippen LogP contribution in [0.2, 0.25) is 0 Å². The molecule has 100 valence electrons. The lowest BCUT2D eigenvalue weighted by Crippen LogP contribution is -1.77. The van der Waals surface area contributed by atoms with Crippen molar-refractivity contribution in [3.63, 3.8) is 0 Å². The van der Waals surface area contributed by atoms with Crippen molar-refractivity contribution in [1.29, 1.82) is 0 Å². The zero-order valence-electron chi connectivity index (χ0n) is 11.0. The van der Waals surface area contributed by atoms with Crippen LogP contribution in [-0.4, -0.2) is 9.97 Å². The molecule has 0 aliphatic heterocycles. The van der Waals surface area contributed by atoms with Gasteiger partial charge in [0.15, 0.2) is 0 Å². The minimum absolute atomic E-state index is 0.974. The van der Waals surface area contributed by atoms with E-state index in [1.54, 1.807) is 11.3 Å². The maximum absolute atomic E-state index is 4.68. The highest BCUT2D eigenvalue weighted by atomic mass is 79.9. The van der Waals surface area contributed by atoms with E-state index in [9.17, 15) is 0 Å². The fourth-order valence-electron chi connectivity index (χ4n) is 2.10. The number of nitrogens with one attached hydrogen (secondary N) is 1. The van der Waals surface area contributed by atoms with Gasteiger partial charge in [-0.15, -0.1) is 11.3 Å². The van der Waals surface area contributed by atoms with Crippen LogP contribution in [0, 0.1) is 0 Å². The van der Waals surface area contributed by atoms with Gasteiger partial charge in [0.2, 0.25) is 0 Å². The number of halogens is 1. The Kier molecular flexibility index (Phi) is 3.59. The molecule has 1 aromatic carbocycles. The zero-order valence-corrected chi connectivity index (χ0v) is 13.4. The van der Waals surface area contributed by atoms with Crippen molar-refractivity contribution >= 4 is 50.3 Å². The van der Waals surface area contributed by atoms with Crippen LogP contribution in [0.5, 0.6) is 0 Å². The molecule has 0 fully saturated rings. The van der Waals surface area contributed by atoms with Gasteiger partial charge in [-0.25, -0.2) is 4.98 Å². The van der Waals surface area contributed by atoms with Gasteiger partial charge in [0.1, 0.15) is 5.01 Å². The first-order valence-corrected chi connectivity index (χ1v) is 7.87. The number of rotatable bonds is 3. The highest BCUT2D eigenvalue weighted by Crippen LogP contribution is 2.32. The predicted molar refractivity (Wildman–Crippen MR) is 91.9 cm³/mol. The third-order valence-electron chi connectivity index (χ3n) is 3.01. The molecular formula is C16H13BrN2S. The van der Waals surface area contributed by atoms with Gasteiger partial charge < -0.3 is 4.98 Å². The maximum Gasteiger partial charge on any atom is 0.140 e. The summed E-state index contributed by atoms with van der Waals surface area (Å²) >= 11 is 5.14. The number of benzene rings is 1. The summed E-state index contributed by atoms with van der Waals surface area (Å²) in [6.45, 7) is 5.85. The molecule has 2 nitrogen and oxygen atoms in total. The van der Waals surface area contributed by atoms with Crippen LogP contribution in [0.4, 0.5) is 0 Å². The van der Waals surface area contributed by atoms with Crippen LogP contribution in [0.3, 0.4) is 0 Å². The lowest BCUT2D eigenvalue weighted by molar-refractivity contribution is 1.33. The molecule has 20 heavy (non-hydrogen) atoms. The molecule has 2 aromatic heterocycles. The largest absolute Gasteiger partial charge is 0.353 e. The van der Waals surface area contributed by atoms with Crippen molar-refractivity contribution in [2.24, 2.45) is 0 Å². The molecule has 3 rings (SSSR count). The van der Waals surface area contributed by atoms with Crippen molar-refractivity contribution in [1.82, 2.24) is 9.97 Å². The average molecular weight is 345 g/mol. The molecule has 4 heteroatoms. The summed E-state index contributed by atoms with van der Waals surface area (Å²) in [5, 5.41) is 2.17. The van der Waals surface area contributed by atoms with Gasteiger partial charge in [0, 0.05) is 15.4 Å². The topological polar surface area (TPSA) is 28.7 Å². The molecule has 3 aromatic rings. The van der Waals surface area contributed by atoms with Crippen molar-refractivity contribution in [2.75, 3.05) is 0 Å². The molecule has 0 saturated heterocycles. The molecule has 0 spiro atoms. The van der Waals surface area contributed by atoms with E-state index in [4.69, 9.17) is 0 Å². The Morgan fingerprint density at radius 1 is 1.35 bits per heavy atom. The Bertz CT molecular complexity index is 811. The second-order valence-electron chi connectivity index (χ2n) is 4.39. The first-order chi connectivity index (χ1) is 9.71. The fourth-order valence-corrected chi connectivity index (χ4v) is 3.33. The van der Waals surface area contributed by atoms with Crippen LogP contribution in [0.15, 0.2) is 41.4 Å². The first kappa shape index (κ1) is 13.3. The Hall–Kier alpha value is -1.65.